The molecule has 6 heteroatoms. The van der Waals surface area contributed by atoms with Gasteiger partial charge in [0.25, 0.3) is 0 Å². The standard InChI is InChI=1S/C20H27N3O3/c1-17(20(25)26-2)15-23(13-6-12-22-14-11-21-16-22)19(24)10-9-18-7-4-3-5-8-18/h3-5,7-8,11,14,16-17H,6,9-10,12-13,15H2,1-2H3. The lowest BCUT2D eigenvalue weighted by molar-refractivity contribution is -0.146. The van der Waals surface area contributed by atoms with Gasteiger partial charge in [0.15, 0.2) is 0 Å². The molecule has 0 aliphatic rings. The average molecular weight is 357 g/mol. The summed E-state index contributed by atoms with van der Waals surface area (Å²) < 4.78 is 6.78. The van der Waals surface area contributed by atoms with E-state index >= 15 is 0 Å². The normalized spacial score (nSPS) is 11.8. The van der Waals surface area contributed by atoms with Crippen LogP contribution in [-0.2, 0) is 27.3 Å². The number of carbonyl (C=O) groups is 2. The van der Waals surface area contributed by atoms with Gasteiger partial charge in [0.05, 0.1) is 19.4 Å². The molecule has 0 bridgehead atoms. The first-order valence-corrected chi connectivity index (χ1v) is 8.95. The van der Waals surface area contributed by atoms with Gasteiger partial charge in [-0.05, 0) is 18.4 Å². The Morgan fingerprint density at radius 1 is 1.27 bits per heavy atom. The van der Waals surface area contributed by atoms with E-state index in [2.05, 4.69) is 4.98 Å². The molecule has 1 aromatic carbocycles. The van der Waals surface area contributed by atoms with Crippen LogP contribution < -0.4 is 0 Å². The number of rotatable bonds is 10. The Morgan fingerprint density at radius 3 is 2.69 bits per heavy atom. The van der Waals surface area contributed by atoms with E-state index in [0.717, 1.165) is 18.5 Å². The number of aryl methyl sites for hydroxylation is 2. The summed E-state index contributed by atoms with van der Waals surface area (Å²) in [4.78, 5) is 30.2. The third-order valence-corrected chi connectivity index (χ3v) is 4.32. The van der Waals surface area contributed by atoms with Crippen molar-refractivity contribution < 1.29 is 14.3 Å². The van der Waals surface area contributed by atoms with Crippen LogP contribution in [0.3, 0.4) is 0 Å². The molecule has 26 heavy (non-hydrogen) atoms. The number of amides is 1. The zero-order chi connectivity index (χ0) is 18.8. The van der Waals surface area contributed by atoms with Gasteiger partial charge < -0.3 is 14.2 Å². The molecular weight excluding hydrogens is 330 g/mol. The second-order valence-electron chi connectivity index (χ2n) is 6.40. The largest absolute Gasteiger partial charge is 0.469 e. The lowest BCUT2D eigenvalue weighted by Gasteiger charge is -2.25. The number of hydrogen-bond acceptors (Lipinski definition) is 4. The van der Waals surface area contributed by atoms with Crippen LogP contribution in [0.1, 0.15) is 25.3 Å². The summed E-state index contributed by atoms with van der Waals surface area (Å²) in [6.45, 7) is 3.56. The summed E-state index contributed by atoms with van der Waals surface area (Å²) in [5, 5.41) is 0. The first-order valence-electron chi connectivity index (χ1n) is 8.95. The number of hydrogen-bond donors (Lipinski definition) is 0. The van der Waals surface area contributed by atoms with E-state index in [4.69, 9.17) is 4.74 Å². The summed E-state index contributed by atoms with van der Waals surface area (Å²) in [6, 6.07) is 9.96. The van der Waals surface area contributed by atoms with Crippen LogP contribution in [0.5, 0.6) is 0 Å². The highest BCUT2D eigenvalue weighted by Crippen LogP contribution is 2.09. The molecule has 0 aliphatic carbocycles. The van der Waals surface area contributed by atoms with E-state index < -0.39 is 0 Å². The van der Waals surface area contributed by atoms with Gasteiger partial charge in [-0.15, -0.1) is 0 Å². The van der Waals surface area contributed by atoms with Gasteiger partial charge in [-0.25, -0.2) is 4.98 Å². The van der Waals surface area contributed by atoms with Crippen LogP contribution in [0.15, 0.2) is 49.1 Å². The molecule has 140 valence electrons. The van der Waals surface area contributed by atoms with E-state index in [0.29, 0.717) is 25.9 Å². The summed E-state index contributed by atoms with van der Waals surface area (Å²) in [5.41, 5.74) is 1.14. The molecule has 0 N–H and O–H groups in total. The minimum absolute atomic E-state index is 0.0650. The molecule has 1 heterocycles. The number of nitrogens with zero attached hydrogens (tertiary/aromatic N) is 3. The second kappa shape index (κ2) is 10.4. The fraction of sp³-hybridized carbons (Fsp3) is 0.450. The van der Waals surface area contributed by atoms with Crippen molar-refractivity contribution in [3.05, 3.63) is 54.6 Å². The maximum absolute atomic E-state index is 12.7. The molecule has 0 saturated heterocycles. The third kappa shape index (κ3) is 6.35. The molecule has 2 rings (SSSR count). The Bertz CT molecular complexity index is 671. The molecule has 1 atom stereocenters. The number of ether oxygens (including phenoxy) is 1. The van der Waals surface area contributed by atoms with E-state index in [1.807, 2.05) is 41.1 Å². The number of imidazole rings is 1. The maximum atomic E-state index is 12.7. The molecule has 6 nitrogen and oxygen atoms in total. The zero-order valence-corrected chi connectivity index (χ0v) is 15.5. The Labute approximate surface area is 154 Å². The maximum Gasteiger partial charge on any atom is 0.310 e. The Balaban J connectivity index is 1.91. The topological polar surface area (TPSA) is 64.4 Å². The summed E-state index contributed by atoms with van der Waals surface area (Å²) in [6.07, 6.45) is 7.34. The van der Waals surface area contributed by atoms with Gasteiger partial charge in [0, 0.05) is 38.4 Å². The first-order chi connectivity index (χ1) is 12.6. The monoisotopic (exact) mass is 357 g/mol. The van der Waals surface area contributed by atoms with Crippen molar-refractivity contribution in [2.45, 2.75) is 32.7 Å². The summed E-state index contributed by atoms with van der Waals surface area (Å²) in [7, 11) is 1.37. The highest BCUT2D eigenvalue weighted by atomic mass is 16.5. The predicted octanol–water partition coefficient (Wildman–Crippen LogP) is 2.54. The molecule has 0 spiro atoms. The van der Waals surface area contributed by atoms with Crippen molar-refractivity contribution in [3.63, 3.8) is 0 Å². The lowest BCUT2D eigenvalue weighted by Crippen LogP contribution is -2.38. The van der Waals surface area contributed by atoms with Crippen molar-refractivity contribution in [1.29, 1.82) is 0 Å². The van der Waals surface area contributed by atoms with Crippen LogP contribution in [-0.4, -0.2) is 46.5 Å². The SMILES string of the molecule is COC(=O)C(C)CN(CCCn1ccnc1)C(=O)CCc1ccccc1. The second-order valence-corrected chi connectivity index (χ2v) is 6.40. The molecule has 1 aromatic heterocycles. The van der Waals surface area contributed by atoms with Crippen LogP contribution in [0.25, 0.3) is 0 Å². The number of methoxy groups -OCH3 is 1. The van der Waals surface area contributed by atoms with Gasteiger partial charge in [0.1, 0.15) is 0 Å². The Kier molecular flexibility index (Phi) is 7.86. The molecule has 0 radical (unpaired) electrons. The van der Waals surface area contributed by atoms with Crippen molar-refractivity contribution in [3.8, 4) is 0 Å². The summed E-state index contributed by atoms with van der Waals surface area (Å²) in [5.74, 6) is -0.565. The van der Waals surface area contributed by atoms with Crippen molar-refractivity contribution in [1.82, 2.24) is 14.5 Å². The first kappa shape index (κ1) is 19.7. The number of esters is 1. The van der Waals surface area contributed by atoms with E-state index in [-0.39, 0.29) is 17.8 Å². The number of benzene rings is 1. The highest BCUT2D eigenvalue weighted by Gasteiger charge is 2.21. The fourth-order valence-corrected chi connectivity index (χ4v) is 2.84. The van der Waals surface area contributed by atoms with Crippen LogP contribution in [0, 0.1) is 5.92 Å². The van der Waals surface area contributed by atoms with Gasteiger partial charge in [0.2, 0.25) is 5.91 Å². The summed E-state index contributed by atoms with van der Waals surface area (Å²) >= 11 is 0. The van der Waals surface area contributed by atoms with Gasteiger partial charge in [-0.2, -0.15) is 0 Å². The minimum Gasteiger partial charge on any atom is -0.469 e. The molecule has 0 fully saturated rings. The fourth-order valence-electron chi connectivity index (χ4n) is 2.84. The van der Waals surface area contributed by atoms with Crippen molar-refractivity contribution >= 4 is 11.9 Å². The Hall–Kier alpha value is -2.63. The van der Waals surface area contributed by atoms with Gasteiger partial charge in [-0.3, -0.25) is 9.59 Å². The van der Waals surface area contributed by atoms with Gasteiger partial charge in [-0.1, -0.05) is 37.3 Å². The van der Waals surface area contributed by atoms with E-state index in [1.54, 1.807) is 24.3 Å². The smallest absolute Gasteiger partial charge is 0.310 e. The van der Waals surface area contributed by atoms with Crippen molar-refractivity contribution in [2.24, 2.45) is 5.92 Å². The van der Waals surface area contributed by atoms with Gasteiger partial charge >= 0.3 is 5.97 Å². The van der Waals surface area contributed by atoms with Crippen molar-refractivity contribution in [2.75, 3.05) is 20.2 Å². The van der Waals surface area contributed by atoms with E-state index in [1.165, 1.54) is 7.11 Å². The molecule has 1 amide bonds. The minimum atomic E-state index is -0.339. The van der Waals surface area contributed by atoms with Crippen LogP contribution >= 0.6 is 0 Å². The Morgan fingerprint density at radius 2 is 2.04 bits per heavy atom. The molecular formula is C20H27N3O3. The van der Waals surface area contributed by atoms with Crippen LogP contribution in [0.4, 0.5) is 0 Å². The average Bonchev–Trinajstić information content (AvgIpc) is 3.18. The quantitative estimate of drug-likeness (QED) is 0.613. The third-order valence-electron chi connectivity index (χ3n) is 4.32. The molecule has 2 aromatic rings. The highest BCUT2D eigenvalue weighted by molar-refractivity contribution is 5.78. The molecule has 1 unspecified atom stereocenters. The lowest BCUT2D eigenvalue weighted by atomic mass is 10.1. The zero-order valence-electron chi connectivity index (χ0n) is 15.5. The van der Waals surface area contributed by atoms with Crippen LogP contribution in [0.2, 0.25) is 0 Å². The molecule has 0 aliphatic heterocycles. The molecule has 0 saturated carbocycles. The number of carbonyl (C=O) groups excluding carboxylic acids is 2. The van der Waals surface area contributed by atoms with E-state index in [9.17, 15) is 9.59 Å². The number of aromatic nitrogens is 2. The predicted molar refractivity (Wildman–Crippen MR) is 99.4 cm³/mol.